The van der Waals surface area contributed by atoms with Crippen molar-refractivity contribution in [1.82, 2.24) is 5.43 Å². The molecule has 0 aliphatic heterocycles. The Morgan fingerprint density at radius 1 is 1.19 bits per heavy atom. The van der Waals surface area contributed by atoms with Gasteiger partial charge in [-0.1, -0.05) is 23.8 Å². The lowest BCUT2D eigenvalue weighted by molar-refractivity contribution is -0.120. The highest BCUT2D eigenvalue weighted by atomic mass is 16.3. The molecule has 0 aliphatic rings. The molecule has 0 atom stereocenters. The number of furan rings is 1. The molecular weight excluding hydrogens is 264 g/mol. The van der Waals surface area contributed by atoms with Crippen molar-refractivity contribution >= 4 is 11.6 Å². The molecule has 0 aliphatic carbocycles. The van der Waals surface area contributed by atoms with Crippen molar-refractivity contribution in [2.75, 3.05) is 0 Å². The Balaban J connectivity index is 1.98. The number of rotatable bonds is 4. The summed E-state index contributed by atoms with van der Waals surface area (Å²) < 4.78 is 5.45. The number of hydrogen-bond donors (Lipinski definition) is 1. The number of benzene rings is 1. The first-order valence-electron chi connectivity index (χ1n) is 6.92. The van der Waals surface area contributed by atoms with E-state index < -0.39 is 0 Å². The van der Waals surface area contributed by atoms with Gasteiger partial charge in [-0.05, 0) is 51.0 Å². The third-order valence-electron chi connectivity index (χ3n) is 3.29. The first kappa shape index (κ1) is 15.0. The maximum Gasteiger partial charge on any atom is 0.244 e. The summed E-state index contributed by atoms with van der Waals surface area (Å²) in [6.45, 7) is 7.72. The molecule has 2 rings (SSSR count). The standard InChI is InChI=1S/C17H20N2O2/c1-11-5-7-15(12(2)9-11)10-17(20)19-18-14(4)16-8-6-13(3)21-16/h5-9H,10H2,1-4H3,(H,19,20)/b18-14+. The molecule has 1 heterocycles. The van der Waals surface area contributed by atoms with Crippen molar-refractivity contribution in [1.29, 1.82) is 0 Å². The summed E-state index contributed by atoms with van der Waals surface area (Å²) in [5.41, 5.74) is 6.54. The number of hydrogen-bond acceptors (Lipinski definition) is 3. The van der Waals surface area contributed by atoms with Gasteiger partial charge in [0.15, 0.2) is 0 Å². The molecule has 110 valence electrons. The first-order valence-corrected chi connectivity index (χ1v) is 6.92. The van der Waals surface area contributed by atoms with Crippen molar-refractivity contribution in [2.24, 2.45) is 5.10 Å². The Labute approximate surface area is 124 Å². The molecule has 0 spiro atoms. The zero-order valence-corrected chi connectivity index (χ0v) is 12.9. The Bertz CT molecular complexity index is 684. The van der Waals surface area contributed by atoms with Gasteiger partial charge in [0.25, 0.3) is 0 Å². The van der Waals surface area contributed by atoms with E-state index in [1.807, 2.05) is 45.0 Å². The van der Waals surface area contributed by atoms with E-state index in [1.54, 1.807) is 6.92 Å². The molecule has 0 bridgehead atoms. The van der Waals surface area contributed by atoms with Gasteiger partial charge in [0.05, 0.1) is 6.42 Å². The van der Waals surface area contributed by atoms with Gasteiger partial charge in [0.1, 0.15) is 17.2 Å². The van der Waals surface area contributed by atoms with Gasteiger partial charge in [0.2, 0.25) is 5.91 Å². The lowest BCUT2D eigenvalue weighted by Crippen LogP contribution is -2.21. The van der Waals surface area contributed by atoms with Crippen LogP contribution in [0.3, 0.4) is 0 Å². The number of amides is 1. The van der Waals surface area contributed by atoms with Crippen LogP contribution >= 0.6 is 0 Å². The Morgan fingerprint density at radius 3 is 2.57 bits per heavy atom. The van der Waals surface area contributed by atoms with Crippen molar-refractivity contribution in [2.45, 2.75) is 34.1 Å². The van der Waals surface area contributed by atoms with Crippen LogP contribution in [0.25, 0.3) is 0 Å². The molecule has 21 heavy (non-hydrogen) atoms. The van der Waals surface area contributed by atoms with E-state index in [2.05, 4.69) is 16.6 Å². The predicted molar refractivity (Wildman–Crippen MR) is 83.4 cm³/mol. The fraction of sp³-hybridized carbons (Fsp3) is 0.294. The molecular formula is C17H20N2O2. The minimum absolute atomic E-state index is 0.135. The van der Waals surface area contributed by atoms with E-state index in [9.17, 15) is 4.79 Å². The van der Waals surface area contributed by atoms with Crippen molar-refractivity contribution < 1.29 is 9.21 Å². The molecule has 0 saturated heterocycles. The Morgan fingerprint density at radius 2 is 1.95 bits per heavy atom. The van der Waals surface area contributed by atoms with E-state index in [0.717, 1.165) is 16.9 Å². The van der Waals surface area contributed by atoms with E-state index in [-0.39, 0.29) is 5.91 Å². The highest BCUT2D eigenvalue weighted by molar-refractivity contribution is 5.97. The van der Waals surface area contributed by atoms with Crippen LogP contribution < -0.4 is 5.43 Å². The molecule has 0 unspecified atom stereocenters. The summed E-state index contributed by atoms with van der Waals surface area (Å²) >= 11 is 0. The summed E-state index contributed by atoms with van der Waals surface area (Å²) in [5.74, 6) is 1.35. The number of carbonyl (C=O) groups excluding carboxylic acids is 1. The topological polar surface area (TPSA) is 54.6 Å². The molecule has 1 aromatic heterocycles. The normalized spacial score (nSPS) is 11.5. The van der Waals surface area contributed by atoms with Crippen LogP contribution in [0.5, 0.6) is 0 Å². The lowest BCUT2D eigenvalue weighted by atomic mass is 10.0. The zero-order valence-electron chi connectivity index (χ0n) is 12.9. The van der Waals surface area contributed by atoms with Gasteiger partial charge in [-0.15, -0.1) is 0 Å². The first-order chi connectivity index (χ1) is 9.95. The number of nitrogens with one attached hydrogen (secondary N) is 1. The molecule has 1 amide bonds. The van der Waals surface area contributed by atoms with Crippen LogP contribution in [-0.2, 0) is 11.2 Å². The fourth-order valence-electron chi connectivity index (χ4n) is 2.09. The van der Waals surface area contributed by atoms with E-state index >= 15 is 0 Å². The molecule has 4 heteroatoms. The molecule has 2 aromatic rings. The van der Waals surface area contributed by atoms with Crippen LogP contribution in [0.2, 0.25) is 0 Å². The van der Waals surface area contributed by atoms with Crippen LogP contribution in [0, 0.1) is 20.8 Å². The van der Waals surface area contributed by atoms with E-state index in [0.29, 0.717) is 17.9 Å². The molecule has 0 radical (unpaired) electrons. The number of hydrazone groups is 1. The second kappa shape index (κ2) is 6.39. The largest absolute Gasteiger partial charge is 0.460 e. The summed E-state index contributed by atoms with van der Waals surface area (Å²) in [7, 11) is 0. The average Bonchev–Trinajstić information content (AvgIpc) is 2.86. The molecule has 1 aromatic carbocycles. The number of carbonyl (C=O) groups is 1. The van der Waals surface area contributed by atoms with Crippen LogP contribution in [0.1, 0.15) is 35.1 Å². The Kier molecular flexibility index (Phi) is 4.58. The highest BCUT2D eigenvalue weighted by Gasteiger charge is 2.07. The minimum Gasteiger partial charge on any atom is -0.460 e. The van der Waals surface area contributed by atoms with Crippen LogP contribution in [-0.4, -0.2) is 11.6 Å². The van der Waals surface area contributed by atoms with Gasteiger partial charge in [-0.25, -0.2) is 5.43 Å². The summed E-state index contributed by atoms with van der Waals surface area (Å²) in [6, 6.07) is 9.77. The predicted octanol–water partition coefficient (Wildman–Crippen LogP) is 3.29. The minimum atomic E-state index is -0.135. The smallest absolute Gasteiger partial charge is 0.244 e. The summed E-state index contributed by atoms with van der Waals surface area (Å²) in [5, 5.41) is 4.07. The Hall–Kier alpha value is -2.36. The SMILES string of the molecule is C/C(=N\NC(=O)Cc1ccc(C)cc1C)c1ccc(C)o1. The number of aryl methyl sites for hydroxylation is 3. The molecule has 4 nitrogen and oxygen atoms in total. The van der Waals surface area contributed by atoms with Gasteiger partial charge in [-0.2, -0.15) is 5.10 Å². The van der Waals surface area contributed by atoms with Gasteiger partial charge in [0, 0.05) is 0 Å². The third-order valence-corrected chi connectivity index (χ3v) is 3.29. The van der Waals surface area contributed by atoms with Gasteiger partial charge >= 0.3 is 0 Å². The lowest BCUT2D eigenvalue weighted by Gasteiger charge is -2.06. The summed E-state index contributed by atoms with van der Waals surface area (Å²) in [6.07, 6.45) is 0.320. The van der Waals surface area contributed by atoms with E-state index in [4.69, 9.17) is 4.42 Å². The maximum atomic E-state index is 11.9. The average molecular weight is 284 g/mol. The quantitative estimate of drug-likeness (QED) is 0.692. The second-order valence-corrected chi connectivity index (χ2v) is 5.25. The molecule has 0 fully saturated rings. The fourth-order valence-corrected chi connectivity index (χ4v) is 2.09. The van der Waals surface area contributed by atoms with Crippen molar-refractivity contribution in [3.05, 3.63) is 58.5 Å². The number of nitrogens with zero attached hydrogens (tertiary/aromatic N) is 1. The third kappa shape index (κ3) is 4.05. The van der Waals surface area contributed by atoms with Crippen LogP contribution in [0.4, 0.5) is 0 Å². The van der Waals surface area contributed by atoms with Crippen LogP contribution in [0.15, 0.2) is 39.9 Å². The monoisotopic (exact) mass is 284 g/mol. The zero-order chi connectivity index (χ0) is 15.4. The van der Waals surface area contributed by atoms with Gasteiger partial charge < -0.3 is 4.42 Å². The van der Waals surface area contributed by atoms with E-state index in [1.165, 1.54) is 5.56 Å². The highest BCUT2D eigenvalue weighted by Crippen LogP contribution is 2.11. The second-order valence-electron chi connectivity index (χ2n) is 5.25. The summed E-state index contributed by atoms with van der Waals surface area (Å²) in [4.78, 5) is 11.9. The van der Waals surface area contributed by atoms with Crippen molar-refractivity contribution in [3.8, 4) is 0 Å². The molecule has 0 saturated carbocycles. The maximum absolute atomic E-state index is 11.9. The van der Waals surface area contributed by atoms with Crippen molar-refractivity contribution in [3.63, 3.8) is 0 Å². The van der Waals surface area contributed by atoms with Gasteiger partial charge in [-0.3, -0.25) is 4.79 Å². The molecule has 1 N–H and O–H groups in total.